The molecule has 0 saturated heterocycles. The zero-order chi connectivity index (χ0) is 13.8. The van der Waals surface area contributed by atoms with Gasteiger partial charge in [-0.1, -0.05) is 26.0 Å². The minimum absolute atomic E-state index is 0.236. The molecule has 1 aromatic rings. The first-order valence-electron chi connectivity index (χ1n) is 7.15. The molecule has 3 nitrogen and oxygen atoms in total. The summed E-state index contributed by atoms with van der Waals surface area (Å²) in [5, 5.41) is 13.2. The second-order valence-corrected chi connectivity index (χ2v) is 5.86. The number of aliphatic hydroxyl groups is 1. The fourth-order valence-electron chi connectivity index (χ4n) is 2.46. The number of ether oxygens (including phenoxy) is 1. The van der Waals surface area contributed by atoms with E-state index in [9.17, 15) is 5.11 Å². The molecule has 0 heterocycles. The SMILES string of the molecule is COc1ccc(C2CC(NCC(O)C(C)C)C2)cc1. The van der Waals surface area contributed by atoms with Crippen molar-refractivity contribution in [3.8, 4) is 5.75 Å². The number of benzene rings is 1. The summed E-state index contributed by atoms with van der Waals surface area (Å²) in [6.45, 7) is 4.80. The Morgan fingerprint density at radius 3 is 2.42 bits per heavy atom. The van der Waals surface area contributed by atoms with Crippen molar-refractivity contribution >= 4 is 0 Å². The molecule has 1 aliphatic rings. The molecule has 0 spiro atoms. The van der Waals surface area contributed by atoms with Gasteiger partial charge in [0.2, 0.25) is 0 Å². The van der Waals surface area contributed by atoms with E-state index in [0.29, 0.717) is 24.4 Å². The Morgan fingerprint density at radius 2 is 1.89 bits per heavy atom. The van der Waals surface area contributed by atoms with E-state index < -0.39 is 0 Å². The van der Waals surface area contributed by atoms with Crippen LogP contribution in [0, 0.1) is 5.92 Å². The first-order valence-corrected chi connectivity index (χ1v) is 7.15. The molecule has 1 atom stereocenters. The highest BCUT2D eigenvalue weighted by Gasteiger charge is 2.30. The van der Waals surface area contributed by atoms with Crippen molar-refractivity contribution in [1.29, 1.82) is 0 Å². The molecule has 2 N–H and O–H groups in total. The maximum Gasteiger partial charge on any atom is 0.118 e. The summed E-state index contributed by atoms with van der Waals surface area (Å²) < 4.78 is 5.17. The Morgan fingerprint density at radius 1 is 1.26 bits per heavy atom. The van der Waals surface area contributed by atoms with Crippen LogP contribution in [0.3, 0.4) is 0 Å². The van der Waals surface area contributed by atoms with Gasteiger partial charge in [-0.2, -0.15) is 0 Å². The Labute approximate surface area is 116 Å². The molecule has 1 aromatic carbocycles. The van der Waals surface area contributed by atoms with Crippen molar-refractivity contribution in [2.75, 3.05) is 13.7 Å². The van der Waals surface area contributed by atoms with E-state index in [1.807, 2.05) is 26.0 Å². The molecule has 0 bridgehead atoms. The minimum atomic E-state index is -0.236. The standard InChI is InChI=1S/C16H25NO2/c1-11(2)16(18)10-17-14-8-13(9-14)12-4-6-15(19-3)7-5-12/h4-7,11,13-14,16-18H,8-10H2,1-3H3. The first kappa shape index (κ1) is 14.4. The van der Waals surface area contributed by atoms with Crippen molar-refractivity contribution in [2.24, 2.45) is 5.92 Å². The second-order valence-electron chi connectivity index (χ2n) is 5.86. The summed E-state index contributed by atoms with van der Waals surface area (Å²) >= 11 is 0. The van der Waals surface area contributed by atoms with Crippen molar-refractivity contribution in [3.05, 3.63) is 29.8 Å². The maximum atomic E-state index is 9.76. The van der Waals surface area contributed by atoms with Crippen LogP contribution in [0.5, 0.6) is 5.75 Å². The summed E-state index contributed by atoms with van der Waals surface area (Å²) in [6.07, 6.45) is 2.09. The summed E-state index contributed by atoms with van der Waals surface area (Å²) in [5.41, 5.74) is 1.39. The number of hydrogen-bond donors (Lipinski definition) is 2. The van der Waals surface area contributed by atoms with E-state index in [1.165, 1.54) is 5.56 Å². The van der Waals surface area contributed by atoms with E-state index in [1.54, 1.807) is 7.11 Å². The Bertz CT molecular complexity index is 382. The van der Waals surface area contributed by atoms with Crippen LogP contribution in [-0.2, 0) is 0 Å². The lowest BCUT2D eigenvalue weighted by Gasteiger charge is -2.37. The highest BCUT2D eigenvalue weighted by molar-refractivity contribution is 5.30. The Hall–Kier alpha value is -1.06. The van der Waals surface area contributed by atoms with Crippen molar-refractivity contribution in [3.63, 3.8) is 0 Å². The lowest BCUT2D eigenvalue weighted by Crippen LogP contribution is -2.44. The number of methoxy groups -OCH3 is 1. The third-order valence-electron chi connectivity index (χ3n) is 4.11. The van der Waals surface area contributed by atoms with Crippen LogP contribution in [0.15, 0.2) is 24.3 Å². The normalized spacial score (nSPS) is 24.1. The van der Waals surface area contributed by atoms with Gasteiger partial charge in [-0.15, -0.1) is 0 Å². The molecule has 0 aromatic heterocycles. The highest BCUT2D eigenvalue weighted by atomic mass is 16.5. The molecule has 0 amide bonds. The van der Waals surface area contributed by atoms with Gasteiger partial charge in [-0.3, -0.25) is 0 Å². The van der Waals surface area contributed by atoms with Crippen molar-refractivity contribution in [2.45, 2.75) is 44.8 Å². The molecule has 106 valence electrons. The molecule has 0 aliphatic heterocycles. The van der Waals surface area contributed by atoms with Gasteiger partial charge in [-0.25, -0.2) is 0 Å². The third kappa shape index (κ3) is 3.71. The summed E-state index contributed by atoms with van der Waals surface area (Å²) in [6, 6.07) is 8.92. The topological polar surface area (TPSA) is 41.5 Å². The fourth-order valence-corrected chi connectivity index (χ4v) is 2.46. The van der Waals surface area contributed by atoms with Gasteiger partial charge >= 0.3 is 0 Å². The van der Waals surface area contributed by atoms with Crippen LogP contribution in [-0.4, -0.2) is 30.9 Å². The van der Waals surface area contributed by atoms with Crippen LogP contribution in [0.1, 0.15) is 38.2 Å². The zero-order valence-corrected chi connectivity index (χ0v) is 12.1. The largest absolute Gasteiger partial charge is 0.497 e. The van der Waals surface area contributed by atoms with Gasteiger partial charge in [0.25, 0.3) is 0 Å². The van der Waals surface area contributed by atoms with E-state index in [-0.39, 0.29) is 6.10 Å². The maximum absolute atomic E-state index is 9.76. The molecule has 0 radical (unpaired) electrons. The average Bonchev–Trinajstić information content (AvgIpc) is 2.37. The number of hydrogen-bond acceptors (Lipinski definition) is 3. The van der Waals surface area contributed by atoms with Crippen LogP contribution in [0.4, 0.5) is 0 Å². The predicted molar refractivity (Wildman–Crippen MR) is 77.6 cm³/mol. The summed E-state index contributed by atoms with van der Waals surface area (Å²) in [4.78, 5) is 0. The molecule has 1 aliphatic carbocycles. The number of nitrogens with one attached hydrogen (secondary N) is 1. The molecule has 19 heavy (non-hydrogen) atoms. The lowest BCUT2D eigenvalue weighted by atomic mass is 9.76. The fraction of sp³-hybridized carbons (Fsp3) is 0.625. The Balaban J connectivity index is 1.73. The van der Waals surface area contributed by atoms with E-state index in [2.05, 4.69) is 17.4 Å². The molecule has 3 heteroatoms. The predicted octanol–water partition coefficient (Wildman–Crippen LogP) is 2.55. The molecular weight excluding hydrogens is 238 g/mol. The van der Waals surface area contributed by atoms with Crippen molar-refractivity contribution < 1.29 is 9.84 Å². The minimum Gasteiger partial charge on any atom is -0.497 e. The van der Waals surface area contributed by atoms with Gasteiger partial charge in [-0.05, 0) is 42.4 Å². The van der Waals surface area contributed by atoms with E-state index in [0.717, 1.165) is 18.6 Å². The zero-order valence-electron chi connectivity index (χ0n) is 12.1. The number of aliphatic hydroxyl groups excluding tert-OH is 1. The summed E-state index contributed by atoms with van der Waals surface area (Å²) in [5.74, 6) is 1.89. The molecule has 1 saturated carbocycles. The summed E-state index contributed by atoms with van der Waals surface area (Å²) in [7, 11) is 1.69. The van der Waals surface area contributed by atoms with Crippen LogP contribution in [0.2, 0.25) is 0 Å². The lowest BCUT2D eigenvalue weighted by molar-refractivity contribution is 0.112. The van der Waals surface area contributed by atoms with Gasteiger partial charge in [0.15, 0.2) is 0 Å². The van der Waals surface area contributed by atoms with Crippen LogP contribution < -0.4 is 10.1 Å². The third-order valence-corrected chi connectivity index (χ3v) is 4.11. The molecule has 2 rings (SSSR count). The van der Waals surface area contributed by atoms with Gasteiger partial charge in [0.05, 0.1) is 13.2 Å². The van der Waals surface area contributed by atoms with Crippen LogP contribution >= 0.6 is 0 Å². The quantitative estimate of drug-likeness (QED) is 0.829. The number of rotatable bonds is 6. The molecule has 1 fully saturated rings. The monoisotopic (exact) mass is 263 g/mol. The van der Waals surface area contributed by atoms with Gasteiger partial charge in [0.1, 0.15) is 5.75 Å². The van der Waals surface area contributed by atoms with E-state index in [4.69, 9.17) is 4.74 Å². The van der Waals surface area contributed by atoms with Crippen molar-refractivity contribution in [1.82, 2.24) is 5.32 Å². The van der Waals surface area contributed by atoms with E-state index >= 15 is 0 Å². The molecule has 1 unspecified atom stereocenters. The van der Waals surface area contributed by atoms with Gasteiger partial charge in [0, 0.05) is 12.6 Å². The van der Waals surface area contributed by atoms with Gasteiger partial charge < -0.3 is 15.2 Å². The van der Waals surface area contributed by atoms with Crippen LogP contribution in [0.25, 0.3) is 0 Å². The molecular formula is C16H25NO2. The Kier molecular flexibility index (Phi) is 4.83. The highest BCUT2D eigenvalue weighted by Crippen LogP contribution is 2.37. The smallest absolute Gasteiger partial charge is 0.118 e. The average molecular weight is 263 g/mol. The first-order chi connectivity index (χ1) is 9.10. The second kappa shape index (κ2) is 6.40.